The third-order valence-corrected chi connectivity index (χ3v) is 6.76. The number of carbonyl (C=O) groups is 2. The summed E-state index contributed by atoms with van der Waals surface area (Å²) in [6.45, 7) is 0.930. The summed E-state index contributed by atoms with van der Waals surface area (Å²) in [5, 5.41) is 11.7. The van der Waals surface area contributed by atoms with Gasteiger partial charge in [-0.1, -0.05) is 30.7 Å². The molecule has 1 amide bonds. The van der Waals surface area contributed by atoms with Crippen LogP contribution in [0.2, 0.25) is 0 Å². The van der Waals surface area contributed by atoms with Gasteiger partial charge in [0.25, 0.3) is 0 Å². The maximum atomic E-state index is 12.7. The van der Waals surface area contributed by atoms with Gasteiger partial charge < -0.3 is 9.88 Å². The van der Waals surface area contributed by atoms with Gasteiger partial charge in [0, 0.05) is 42.6 Å². The molecular weight excluding hydrogens is 412 g/mol. The van der Waals surface area contributed by atoms with E-state index in [1.54, 1.807) is 0 Å². The van der Waals surface area contributed by atoms with Gasteiger partial charge in [-0.3, -0.25) is 9.59 Å². The number of aryl methyl sites for hydroxylation is 3. The Hall–Kier alpha value is -3.28. The summed E-state index contributed by atoms with van der Waals surface area (Å²) in [5.41, 5.74) is 5.03. The van der Waals surface area contributed by atoms with Crippen LogP contribution in [-0.4, -0.2) is 26.5 Å². The molecule has 0 saturated heterocycles. The zero-order valence-corrected chi connectivity index (χ0v) is 19.0. The molecule has 0 bridgehead atoms. The van der Waals surface area contributed by atoms with Crippen LogP contribution in [0.5, 0.6) is 0 Å². The number of hydrogen-bond donors (Lipinski definition) is 1. The van der Waals surface area contributed by atoms with Crippen LogP contribution in [0.4, 0.5) is 5.69 Å². The zero-order valence-electron chi connectivity index (χ0n) is 19.0. The van der Waals surface area contributed by atoms with Crippen LogP contribution in [0, 0.1) is 0 Å². The quantitative estimate of drug-likeness (QED) is 0.536. The van der Waals surface area contributed by atoms with Crippen molar-refractivity contribution in [3.05, 3.63) is 65.0 Å². The van der Waals surface area contributed by atoms with Crippen LogP contribution >= 0.6 is 0 Å². The zero-order chi connectivity index (χ0) is 22.6. The highest BCUT2D eigenvalue weighted by atomic mass is 16.2. The second kappa shape index (κ2) is 9.69. The maximum absolute atomic E-state index is 12.7. The Morgan fingerprint density at radius 2 is 1.70 bits per heavy atom. The predicted molar refractivity (Wildman–Crippen MR) is 128 cm³/mol. The van der Waals surface area contributed by atoms with Gasteiger partial charge in [0.15, 0.2) is 11.6 Å². The fourth-order valence-electron chi connectivity index (χ4n) is 4.94. The summed E-state index contributed by atoms with van der Waals surface area (Å²) < 4.78 is 2.20. The fourth-order valence-corrected chi connectivity index (χ4v) is 4.94. The van der Waals surface area contributed by atoms with Gasteiger partial charge in [-0.2, -0.15) is 0 Å². The molecule has 1 N–H and O–H groups in total. The lowest BCUT2D eigenvalue weighted by Gasteiger charge is -2.16. The Morgan fingerprint density at radius 3 is 2.61 bits per heavy atom. The van der Waals surface area contributed by atoms with Crippen molar-refractivity contribution in [2.75, 3.05) is 5.32 Å². The Balaban J connectivity index is 1.21. The largest absolute Gasteiger partial charge is 0.326 e. The van der Waals surface area contributed by atoms with E-state index in [1.807, 2.05) is 36.4 Å². The molecule has 170 valence electrons. The molecule has 5 rings (SSSR count). The number of nitrogens with one attached hydrogen (secondary N) is 1. The molecule has 0 fully saturated rings. The van der Waals surface area contributed by atoms with Gasteiger partial charge in [0.1, 0.15) is 5.82 Å². The van der Waals surface area contributed by atoms with Crippen LogP contribution in [0.1, 0.15) is 72.3 Å². The first-order valence-electron chi connectivity index (χ1n) is 12.1. The van der Waals surface area contributed by atoms with E-state index in [1.165, 1.54) is 30.4 Å². The molecule has 6 heteroatoms. The Kier molecular flexibility index (Phi) is 6.33. The minimum Gasteiger partial charge on any atom is -0.326 e. The van der Waals surface area contributed by atoms with Gasteiger partial charge >= 0.3 is 0 Å². The number of aromatic nitrogens is 3. The summed E-state index contributed by atoms with van der Waals surface area (Å²) >= 11 is 0. The van der Waals surface area contributed by atoms with Crippen LogP contribution < -0.4 is 5.32 Å². The van der Waals surface area contributed by atoms with E-state index in [0.29, 0.717) is 5.69 Å². The van der Waals surface area contributed by atoms with Crippen molar-refractivity contribution in [2.24, 2.45) is 0 Å². The molecule has 0 saturated carbocycles. The lowest BCUT2D eigenvalue weighted by atomic mass is 9.89. The monoisotopic (exact) mass is 442 g/mol. The molecule has 1 aromatic heterocycles. The molecule has 0 unspecified atom stereocenters. The fraction of sp³-hybridized carbons (Fsp3) is 0.407. The highest BCUT2D eigenvalue weighted by Crippen LogP contribution is 2.25. The van der Waals surface area contributed by atoms with Crippen LogP contribution in [-0.2, 0) is 30.6 Å². The molecule has 2 aromatic carbocycles. The number of rotatable bonds is 6. The van der Waals surface area contributed by atoms with Gasteiger partial charge in [-0.25, -0.2) is 0 Å². The van der Waals surface area contributed by atoms with E-state index in [-0.39, 0.29) is 24.5 Å². The van der Waals surface area contributed by atoms with E-state index in [0.717, 1.165) is 61.4 Å². The summed E-state index contributed by atoms with van der Waals surface area (Å²) in [5.74, 6) is 1.76. The van der Waals surface area contributed by atoms with Crippen LogP contribution in [0.25, 0.3) is 11.4 Å². The minimum atomic E-state index is -0.154. The highest BCUT2D eigenvalue weighted by Gasteiger charge is 2.17. The highest BCUT2D eigenvalue weighted by molar-refractivity contribution is 6.00. The maximum Gasteiger partial charge on any atom is 0.224 e. The topological polar surface area (TPSA) is 76.9 Å². The number of nitrogens with zero attached hydrogens (tertiary/aromatic N) is 3. The molecule has 2 aliphatic rings. The number of amides is 1. The molecule has 6 nitrogen and oxygen atoms in total. The summed E-state index contributed by atoms with van der Waals surface area (Å²) in [6.07, 6.45) is 9.38. The molecule has 3 aromatic rings. The van der Waals surface area contributed by atoms with E-state index in [2.05, 4.69) is 26.1 Å². The molecule has 33 heavy (non-hydrogen) atoms. The average Bonchev–Trinajstić information content (AvgIpc) is 3.10. The van der Waals surface area contributed by atoms with E-state index in [9.17, 15) is 9.59 Å². The first-order valence-corrected chi connectivity index (χ1v) is 12.1. The molecule has 0 spiro atoms. The molecule has 2 heterocycles. The van der Waals surface area contributed by atoms with Crippen molar-refractivity contribution in [3.63, 3.8) is 0 Å². The molecule has 1 aliphatic carbocycles. The number of benzene rings is 2. The van der Waals surface area contributed by atoms with Gasteiger partial charge in [0.05, 0.1) is 0 Å². The standard InChI is InChI=1S/C27H30N4O2/c32-24(21-13-12-19-7-3-4-8-20(19)17-21)14-15-26(33)28-23-10-6-9-22(18-23)27-30-29-25-11-2-1-5-16-31(25)27/h6,9-10,12-13,17-18H,1-5,7-8,11,14-16H2,(H,28,33). The Bertz CT molecular complexity index is 1180. The van der Waals surface area contributed by atoms with Crippen molar-refractivity contribution in [1.29, 1.82) is 0 Å². The number of anilines is 1. The van der Waals surface area contributed by atoms with Crippen molar-refractivity contribution in [1.82, 2.24) is 14.8 Å². The number of fused-ring (bicyclic) bond motifs is 2. The predicted octanol–water partition coefficient (Wildman–Crippen LogP) is 5.15. The number of hydrogen-bond acceptors (Lipinski definition) is 4. The summed E-state index contributed by atoms with van der Waals surface area (Å²) in [6, 6.07) is 13.7. The normalized spacial score (nSPS) is 15.3. The Labute approximate surface area is 194 Å². The van der Waals surface area contributed by atoms with Gasteiger partial charge in [-0.15, -0.1) is 10.2 Å². The minimum absolute atomic E-state index is 0.0263. The van der Waals surface area contributed by atoms with E-state index >= 15 is 0 Å². The molecule has 0 radical (unpaired) electrons. The lowest BCUT2D eigenvalue weighted by molar-refractivity contribution is -0.116. The second-order valence-corrected chi connectivity index (χ2v) is 9.14. The number of ketones is 1. The van der Waals surface area contributed by atoms with Gasteiger partial charge in [-0.05, 0) is 67.9 Å². The SMILES string of the molecule is O=C(CCC(=O)c1ccc2c(c1)CCCC2)Nc1cccc(-c2nnc3n2CCCCC3)c1. The first kappa shape index (κ1) is 21.6. The second-order valence-electron chi connectivity index (χ2n) is 9.14. The molecular formula is C27H30N4O2. The third kappa shape index (κ3) is 4.90. The third-order valence-electron chi connectivity index (χ3n) is 6.76. The van der Waals surface area contributed by atoms with Gasteiger partial charge in [0.2, 0.25) is 5.91 Å². The van der Waals surface area contributed by atoms with Crippen molar-refractivity contribution < 1.29 is 9.59 Å². The van der Waals surface area contributed by atoms with Crippen LogP contribution in [0.15, 0.2) is 42.5 Å². The molecule has 1 aliphatic heterocycles. The van der Waals surface area contributed by atoms with Crippen molar-refractivity contribution in [2.45, 2.75) is 70.8 Å². The summed E-state index contributed by atoms with van der Waals surface area (Å²) in [4.78, 5) is 25.2. The van der Waals surface area contributed by atoms with Crippen LogP contribution in [0.3, 0.4) is 0 Å². The Morgan fingerprint density at radius 1 is 0.848 bits per heavy atom. The van der Waals surface area contributed by atoms with Crippen molar-refractivity contribution in [3.8, 4) is 11.4 Å². The first-order chi connectivity index (χ1) is 16.2. The number of Topliss-reactive ketones (excluding diaryl/α,β-unsaturated/α-hetero) is 1. The number of carbonyl (C=O) groups excluding carboxylic acids is 2. The van der Waals surface area contributed by atoms with E-state index < -0.39 is 0 Å². The average molecular weight is 443 g/mol. The van der Waals surface area contributed by atoms with E-state index in [4.69, 9.17) is 0 Å². The van der Waals surface area contributed by atoms with Crippen molar-refractivity contribution >= 4 is 17.4 Å². The lowest BCUT2D eigenvalue weighted by Crippen LogP contribution is -2.14. The smallest absolute Gasteiger partial charge is 0.224 e. The molecule has 0 atom stereocenters. The summed E-state index contributed by atoms with van der Waals surface area (Å²) in [7, 11) is 0.